The summed E-state index contributed by atoms with van der Waals surface area (Å²) in [4.78, 5) is 40.0. The van der Waals surface area contributed by atoms with Crippen molar-refractivity contribution in [3.63, 3.8) is 0 Å². The van der Waals surface area contributed by atoms with Gasteiger partial charge in [0.2, 0.25) is 11.8 Å². The lowest BCUT2D eigenvalue weighted by molar-refractivity contribution is -0.143. The van der Waals surface area contributed by atoms with E-state index in [4.69, 9.17) is 4.74 Å². The van der Waals surface area contributed by atoms with E-state index in [1.165, 1.54) is 4.90 Å². The zero-order valence-electron chi connectivity index (χ0n) is 20.6. The van der Waals surface area contributed by atoms with Gasteiger partial charge in [-0.3, -0.25) is 9.59 Å². The Morgan fingerprint density at radius 2 is 1.70 bits per heavy atom. The number of hydrogen-bond acceptors (Lipinski definition) is 6. The molecule has 2 unspecified atom stereocenters. The first-order valence-corrected chi connectivity index (χ1v) is 11.3. The molecule has 186 valence electrons. The van der Waals surface area contributed by atoms with Gasteiger partial charge in [-0.05, 0) is 46.6 Å². The number of rotatable bonds is 11. The van der Waals surface area contributed by atoms with Gasteiger partial charge >= 0.3 is 6.09 Å². The van der Waals surface area contributed by atoms with Gasteiger partial charge in [0.15, 0.2) is 0 Å². The van der Waals surface area contributed by atoms with Crippen LogP contribution in [0, 0.1) is 13.8 Å². The van der Waals surface area contributed by atoms with Crippen LogP contribution < -0.4 is 10.6 Å². The highest BCUT2D eigenvalue weighted by atomic mass is 16.6. The molecule has 0 aliphatic carbocycles. The van der Waals surface area contributed by atoms with E-state index in [0.717, 1.165) is 24.0 Å². The SMILES string of the molecule is CCCCNC(=O)C(c1cc(C)cc(C)c1)N(CCO)C(=O)C(CO)NC(=O)OC(C)(C)C. The van der Waals surface area contributed by atoms with Crippen LogP contribution in [0.3, 0.4) is 0 Å². The molecule has 1 rings (SSSR count). The van der Waals surface area contributed by atoms with Crippen molar-refractivity contribution in [3.05, 3.63) is 34.9 Å². The van der Waals surface area contributed by atoms with Crippen LogP contribution in [-0.4, -0.2) is 71.0 Å². The Labute approximate surface area is 196 Å². The molecule has 33 heavy (non-hydrogen) atoms. The molecule has 3 amide bonds. The van der Waals surface area contributed by atoms with Crippen molar-refractivity contribution in [2.45, 2.75) is 72.1 Å². The van der Waals surface area contributed by atoms with Crippen molar-refractivity contribution in [2.24, 2.45) is 0 Å². The average molecular weight is 466 g/mol. The number of aliphatic hydroxyl groups excluding tert-OH is 2. The summed E-state index contributed by atoms with van der Waals surface area (Å²) >= 11 is 0. The molecule has 0 saturated heterocycles. The van der Waals surface area contributed by atoms with E-state index in [1.54, 1.807) is 20.8 Å². The first-order valence-electron chi connectivity index (χ1n) is 11.3. The van der Waals surface area contributed by atoms with Gasteiger partial charge in [-0.25, -0.2) is 4.79 Å². The van der Waals surface area contributed by atoms with E-state index in [9.17, 15) is 24.6 Å². The number of benzene rings is 1. The van der Waals surface area contributed by atoms with Crippen molar-refractivity contribution in [1.29, 1.82) is 0 Å². The molecule has 0 aliphatic rings. The number of nitrogens with one attached hydrogen (secondary N) is 2. The largest absolute Gasteiger partial charge is 0.444 e. The molecule has 0 bridgehead atoms. The van der Waals surface area contributed by atoms with Crippen LogP contribution in [0.5, 0.6) is 0 Å². The first kappa shape index (κ1) is 28.4. The highest BCUT2D eigenvalue weighted by molar-refractivity contribution is 5.92. The molecule has 1 aromatic rings. The maximum Gasteiger partial charge on any atom is 0.408 e. The fourth-order valence-corrected chi connectivity index (χ4v) is 3.44. The topological polar surface area (TPSA) is 128 Å². The van der Waals surface area contributed by atoms with E-state index in [0.29, 0.717) is 12.1 Å². The molecule has 0 heterocycles. The third-order valence-electron chi connectivity index (χ3n) is 4.74. The maximum atomic E-state index is 13.4. The van der Waals surface area contributed by atoms with Crippen molar-refractivity contribution in [1.82, 2.24) is 15.5 Å². The number of unbranched alkanes of at least 4 members (excludes halogenated alkanes) is 1. The molecular formula is C24H39N3O6. The molecule has 0 radical (unpaired) electrons. The number of aryl methyl sites for hydroxylation is 2. The van der Waals surface area contributed by atoms with E-state index in [1.807, 2.05) is 39.0 Å². The van der Waals surface area contributed by atoms with Crippen LogP contribution in [0.25, 0.3) is 0 Å². The van der Waals surface area contributed by atoms with Crippen LogP contribution in [-0.2, 0) is 14.3 Å². The molecule has 9 nitrogen and oxygen atoms in total. The van der Waals surface area contributed by atoms with Crippen molar-refractivity contribution >= 4 is 17.9 Å². The van der Waals surface area contributed by atoms with Gasteiger partial charge in [0.1, 0.15) is 17.7 Å². The summed E-state index contributed by atoms with van der Waals surface area (Å²) < 4.78 is 5.19. The third-order valence-corrected chi connectivity index (χ3v) is 4.74. The van der Waals surface area contributed by atoms with Crippen LogP contribution in [0.1, 0.15) is 63.3 Å². The average Bonchev–Trinajstić information content (AvgIpc) is 2.69. The molecule has 4 N–H and O–H groups in total. The standard InChI is InChI=1S/C24H39N3O6/c1-7-8-9-25-21(30)20(18-13-16(2)12-17(3)14-18)27(10-11-28)22(31)19(15-29)26-23(32)33-24(4,5)6/h12-14,19-20,28-29H,7-11,15H2,1-6H3,(H,25,30)(H,26,32). The number of carbonyl (C=O) groups is 3. The highest BCUT2D eigenvalue weighted by Gasteiger charge is 2.36. The summed E-state index contributed by atoms with van der Waals surface area (Å²) in [5.74, 6) is -1.10. The number of ether oxygens (including phenoxy) is 1. The van der Waals surface area contributed by atoms with Crippen molar-refractivity contribution in [3.8, 4) is 0 Å². The quantitative estimate of drug-likeness (QED) is 0.370. The van der Waals surface area contributed by atoms with Crippen LogP contribution in [0.4, 0.5) is 4.79 Å². The van der Waals surface area contributed by atoms with Gasteiger partial charge in [-0.15, -0.1) is 0 Å². The van der Waals surface area contributed by atoms with Gasteiger partial charge in [0, 0.05) is 13.1 Å². The molecule has 0 aliphatic heterocycles. The van der Waals surface area contributed by atoms with E-state index >= 15 is 0 Å². The smallest absolute Gasteiger partial charge is 0.408 e. The normalized spacial score (nSPS) is 13.1. The van der Waals surface area contributed by atoms with Crippen LogP contribution >= 0.6 is 0 Å². The minimum Gasteiger partial charge on any atom is -0.444 e. The lowest BCUT2D eigenvalue weighted by atomic mass is 9.98. The predicted molar refractivity (Wildman–Crippen MR) is 126 cm³/mol. The van der Waals surface area contributed by atoms with Crippen LogP contribution in [0.2, 0.25) is 0 Å². The van der Waals surface area contributed by atoms with Crippen molar-refractivity contribution < 1.29 is 29.3 Å². The Hall–Kier alpha value is -2.65. The lowest BCUT2D eigenvalue weighted by Gasteiger charge is -2.34. The summed E-state index contributed by atoms with van der Waals surface area (Å²) in [6.07, 6.45) is 0.799. The third kappa shape index (κ3) is 9.39. The Kier molecular flexibility index (Phi) is 11.3. The fourth-order valence-electron chi connectivity index (χ4n) is 3.44. The second-order valence-corrected chi connectivity index (χ2v) is 9.10. The molecular weight excluding hydrogens is 426 g/mol. The summed E-state index contributed by atoms with van der Waals surface area (Å²) in [6, 6.07) is 3.18. The number of amides is 3. The molecule has 0 spiro atoms. The number of carbonyl (C=O) groups excluding carboxylic acids is 3. The van der Waals surface area contributed by atoms with Gasteiger partial charge < -0.3 is 30.5 Å². The summed E-state index contributed by atoms with van der Waals surface area (Å²) in [7, 11) is 0. The Morgan fingerprint density at radius 1 is 1.09 bits per heavy atom. The van der Waals surface area contributed by atoms with Gasteiger partial charge in [-0.1, -0.05) is 42.7 Å². The van der Waals surface area contributed by atoms with Gasteiger partial charge in [0.05, 0.1) is 13.2 Å². The molecule has 0 aromatic heterocycles. The van der Waals surface area contributed by atoms with E-state index in [2.05, 4.69) is 10.6 Å². The van der Waals surface area contributed by atoms with Crippen LogP contribution in [0.15, 0.2) is 18.2 Å². The number of aliphatic hydroxyl groups is 2. The summed E-state index contributed by atoms with van der Waals surface area (Å²) in [6.45, 7) is 10.00. The van der Waals surface area contributed by atoms with Crippen molar-refractivity contribution in [2.75, 3.05) is 26.3 Å². The zero-order valence-corrected chi connectivity index (χ0v) is 20.6. The Balaban J connectivity index is 3.33. The minimum absolute atomic E-state index is 0.163. The minimum atomic E-state index is -1.34. The monoisotopic (exact) mass is 465 g/mol. The number of hydrogen-bond donors (Lipinski definition) is 4. The van der Waals surface area contributed by atoms with Gasteiger partial charge in [0.25, 0.3) is 0 Å². The Bertz CT molecular complexity index is 786. The zero-order chi connectivity index (χ0) is 25.2. The van der Waals surface area contributed by atoms with E-state index < -0.39 is 48.8 Å². The second-order valence-electron chi connectivity index (χ2n) is 9.10. The Morgan fingerprint density at radius 3 is 2.18 bits per heavy atom. The predicted octanol–water partition coefficient (Wildman–Crippen LogP) is 1.97. The lowest BCUT2D eigenvalue weighted by Crippen LogP contribution is -2.55. The summed E-state index contributed by atoms with van der Waals surface area (Å²) in [5, 5.41) is 24.7. The molecule has 0 saturated carbocycles. The number of nitrogens with zero attached hydrogens (tertiary/aromatic N) is 1. The summed E-state index contributed by atoms with van der Waals surface area (Å²) in [5.41, 5.74) is 1.62. The van der Waals surface area contributed by atoms with E-state index in [-0.39, 0.29) is 6.54 Å². The molecule has 9 heteroatoms. The highest BCUT2D eigenvalue weighted by Crippen LogP contribution is 2.25. The fraction of sp³-hybridized carbons (Fsp3) is 0.625. The molecule has 1 aromatic carbocycles. The van der Waals surface area contributed by atoms with Gasteiger partial charge in [-0.2, -0.15) is 0 Å². The first-order chi connectivity index (χ1) is 15.4. The molecule has 0 fully saturated rings. The molecule has 2 atom stereocenters. The maximum absolute atomic E-state index is 13.4. The number of alkyl carbamates (subject to hydrolysis) is 1. The second kappa shape index (κ2) is 13.2.